The van der Waals surface area contributed by atoms with Crippen LogP contribution in [0.5, 0.6) is 0 Å². The first-order chi connectivity index (χ1) is 8.61. The summed E-state index contributed by atoms with van der Waals surface area (Å²) in [6.07, 6.45) is 1.85. The molecule has 0 saturated heterocycles. The Labute approximate surface area is 112 Å². The molecule has 0 aromatic carbocycles. The molecule has 0 spiro atoms. The van der Waals surface area contributed by atoms with Crippen LogP contribution in [0.4, 0.5) is 0 Å². The molecule has 2 atom stereocenters. The van der Waals surface area contributed by atoms with E-state index in [1.165, 1.54) is 32.9 Å². The normalized spacial score (nSPS) is 15.1. The maximum atomic E-state index is 10.2. The molecule has 6 nitrogen and oxygen atoms in total. The molecule has 0 amide bonds. The molecule has 6 heteroatoms. The first-order valence-corrected chi connectivity index (χ1v) is 5.81. The zero-order chi connectivity index (χ0) is 15.6. The Bertz CT molecular complexity index is 354. The van der Waals surface area contributed by atoms with E-state index in [2.05, 4.69) is 0 Å². The molecule has 0 saturated carbocycles. The van der Waals surface area contributed by atoms with Gasteiger partial charge in [-0.3, -0.25) is 0 Å². The third-order valence-corrected chi connectivity index (χ3v) is 2.03. The number of hydrogen-bond donors (Lipinski definition) is 4. The van der Waals surface area contributed by atoms with Gasteiger partial charge in [-0.15, -0.1) is 0 Å². The van der Waals surface area contributed by atoms with Crippen LogP contribution in [0.1, 0.15) is 34.1 Å². The monoisotopic (exact) mass is 274 g/mol. The van der Waals surface area contributed by atoms with Crippen LogP contribution in [0, 0.1) is 0 Å². The van der Waals surface area contributed by atoms with Gasteiger partial charge in [-0.2, -0.15) is 0 Å². The van der Waals surface area contributed by atoms with E-state index in [0.29, 0.717) is 6.42 Å². The second-order valence-electron chi connectivity index (χ2n) is 4.03. The summed E-state index contributed by atoms with van der Waals surface area (Å²) in [5.74, 6) is -1.97. The van der Waals surface area contributed by atoms with E-state index in [9.17, 15) is 9.59 Å². The predicted molar refractivity (Wildman–Crippen MR) is 70.8 cm³/mol. The number of carbonyl (C=O) groups is 2. The Balaban J connectivity index is 0. The van der Waals surface area contributed by atoms with Crippen molar-refractivity contribution in [1.29, 1.82) is 0 Å². The number of aliphatic hydroxyl groups is 2. The Hall–Kier alpha value is -1.66. The minimum Gasteiger partial charge on any atom is -0.478 e. The summed E-state index contributed by atoms with van der Waals surface area (Å²) in [7, 11) is 0. The SMILES string of the molecule is CC(=CC(C)O)C(=O)O.CCC(O)C=C(C)C(=O)O. The van der Waals surface area contributed by atoms with Crippen molar-refractivity contribution in [3.05, 3.63) is 23.3 Å². The fourth-order valence-electron chi connectivity index (χ4n) is 0.911. The largest absolute Gasteiger partial charge is 0.478 e. The van der Waals surface area contributed by atoms with Crippen LogP contribution in [-0.4, -0.2) is 44.6 Å². The highest BCUT2D eigenvalue weighted by molar-refractivity contribution is 5.86. The highest BCUT2D eigenvalue weighted by Gasteiger charge is 2.02. The molecule has 0 aliphatic carbocycles. The van der Waals surface area contributed by atoms with E-state index in [4.69, 9.17) is 20.4 Å². The summed E-state index contributed by atoms with van der Waals surface area (Å²) in [6.45, 7) is 6.19. The van der Waals surface area contributed by atoms with E-state index >= 15 is 0 Å². The highest BCUT2D eigenvalue weighted by atomic mass is 16.4. The van der Waals surface area contributed by atoms with Crippen molar-refractivity contribution in [1.82, 2.24) is 0 Å². The lowest BCUT2D eigenvalue weighted by Gasteiger charge is -1.99. The van der Waals surface area contributed by atoms with Gasteiger partial charge in [-0.1, -0.05) is 6.92 Å². The highest BCUT2D eigenvalue weighted by Crippen LogP contribution is 1.98. The molecule has 0 aromatic heterocycles. The number of hydrogen-bond acceptors (Lipinski definition) is 4. The van der Waals surface area contributed by atoms with Crippen LogP contribution < -0.4 is 0 Å². The Kier molecular flexibility index (Phi) is 10.6. The molecule has 0 radical (unpaired) electrons. The number of carboxylic acid groups (broad SMARTS) is 2. The third kappa shape index (κ3) is 12.6. The van der Waals surface area contributed by atoms with Crippen molar-refractivity contribution in [2.24, 2.45) is 0 Å². The molecule has 0 heterocycles. The van der Waals surface area contributed by atoms with Gasteiger partial charge < -0.3 is 20.4 Å². The summed E-state index contributed by atoms with van der Waals surface area (Å²) >= 11 is 0. The molecule has 0 aliphatic rings. The molecular weight excluding hydrogens is 252 g/mol. The van der Waals surface area contributed by atoms with Crippen LogP contribution in [0.2, 0.25) is 0 Å². The van der Waals surface area contributed by atoms with Crippen LogP contribution in [-0.2, 0) is 9.59 Å². The number of aliphatic carboxylic acids is 2. The molecule has 0 rings (SSSR count). The van der Waals surface area contributed by atoms with E-state index in [0.717, 1.165) is 0 Å². The lowest BCUT2D eigenvalue weighted by Crippen LogP contribution is -2.04. The van der Waals surface area contributed by atoms with E-state index in [-0.39, 0.29) is 11.1 Å². The standard InChI is InChI=1S/C7H12O3.C6H10O3/c1-3-6(8)4-5(2)7(9)10;1-4(6(8)9)3-5(2)7/h4,6,8H,3H2,1-2H3,(H,9,10);3,5,7H,1-2H3,(H,8,9). The minimum atomic E-state index is -0.990. The molecule has 0 bridgehead atoms. The van der Waals surface area contributed by atoms with Crippen molar-refractivity contribution in [3.63, 3.8) is 0 Å². The molecule has 2 unspecified atom stereocenters. The summed E-state index contributed by atoms with van der Waals surface area (Å²) in [4.78, 5) is 20.2. The average Bonchev–Trinajstić information content (AvgIpc) is 2.28. The molecule has 0 aliphatic heterocycles. The molecular formula is C13H22O6. The van der Waals surface area contributed by atoms with Gasteiger partial charge in [-0.25, -0.2) is 9.59 Å². The fourth-order valence-corrected chi connectivity index (χ4v) is 0.911. The second-order valence-corrected chi connectivity index (χ2v) is 4.03. The van der Waals surface area contributed by atoms with Gasteiger partial charge in [0.1, 0.15) is 0 Å². The first-order valence-electron chi connectivity index (χ1n) is 5.81. The lowest BCUT2D eigenvalue weighted by atomic mass is 10.2. The smallest absolute Gasteiger partial charge is 0.331 e. The van der Waals surface area contributed by atoms with Crippen molar-refractivity contribution in [3.8, 4) is 0 Å². The van der Waals surface area contributed by atoms with Gasteiger partial charge in [0.05, 0.1) is 12.2 Å². The Morgan fingerprint density at radius 2 is 1.37 bits per heavy atom. The van der Waals surface area contributed by atoms with Crippen molar-refractivity contribution >= 4 is 11.9 Å². The Morgan fingerprint density at radius 1 is 1.00 bits per heavy atom. The van der Waals surface area contributed by atoms with Gasteiger partial charge in [0.25, 0.3) is 0 Å². The summed E-state index contributed by atoms with van der Waals surface area (Å²) in [5.41, 5.74) is 0.361. The maximum absolute atomic E-state index is 10.2. The van der Waals surface area contributed by atoms with E-state index in [1.807, 2.05) is 0 Å². The second kappa shape index (κ2) is 10.3. The van der Waals surface area contributed by atoms with Crippen molar-refractivity contribution in [2.75, 3.05) is 0 Å². The van der Waals surface area contributed by atoms with Gasteiger partial charge in [0, 0.05) is 11.1 Å². The third-order valence-electron chi connectivity index (χ3n) is 2.03. The van der Waals surface area contributed by atoms with Crippen LogP contribution in [0.3, 0.4) is 0 Å². The molecule has 4 N–H and O–H groups in total. The zero-order valence-electron chi connectivity index (χ0n) is 11.6. The van der Waals surface area contributed by atoms with Crippen LogP contribution in [0.25, 0.3) is 0 Å². The topological polar surface area (TPSA) is 115 Å². The number of rotatable bonds is 5. The molecule has 110 valence electrons. The predicted octanol–water partition coefficient (Wildman–Crippen LogP) is 1.19. The van der Waals surface area contributed by atoms with Crippen LogP contribution in [0.15, 0.2) is 23.3 Å². The minimum absolute atomic E-state index is 0.171. The average molecular weight is 274 g/mol. The molecule has 0 fully saturated rings. The fraction of sp³-hybridized carbons (Fsp3) is 0.538. The molecule has 0 aromatic rings. The van der Waals surface area contributed by atoms with Gasteiger partial charge in [0.15, 0.2) is 0 Å². The van der Waals surface area contributed by atoms with Gasteiger partial charge in [0.2, 0.25) is 0 Å². The van der Waals surface area contributed by atoms with E-state index < -0.39 is 24.1 Å². The van der Waals surface area contributed by atoms with Crippen LogP contribution >= 0.6 is 0 Å². The Morgan fingerprint density at radius 3 is 1.58 bits per heavy atom. The number of carboxylic acids is 2. The number of aliphatic hydroxyl groups excluding tert-OH is 2. The molecule has 19 heavy (non-hydrogen) atoms. The van der Waals surface area contributed by atoms with Gasteiger partial charge >= 0.3 is 11.9 Å². The maximum Gasteiger partial charge on any atom is 0.331 e. The van der Waals surface area contributed by atoms with E-state index in [1.54, 1.807) is 6.92 Å². The summed E-state index contributed by atoms with van der Waals surface area (Å²) < 4.78 is 0. The quantitative estimate of drug-likeness (QED) is 0.560. The van der Waals surface area contributed by atoms with Gasteiger partial charge in [-0.05, 0) is 39.3 Å². The lowest BCUT2D eigenvalue weighted by molar-refractivity contribution is -0.133. The first kappa shape index (κ1) is 19.7. The summed E-state index contributed by atoms with van der Waals surface area (Å²) in [6, 6.07) is 0. The summed E-state index contributed by atoms with van der Waals surface area (Å²) in [5, 5.41) is 34.2. The van der Waals surface area contributed by atoms with Crippen molar-refractivity contribution < 1.29 is 30.0 Å². The zero-order valence-corrected chi connectivity index (χ0v) is 11.6. The van der Waals surface area contributed by atoms with Crippen molar-refractivity contribution in [2.45, 2.75) is 46.3 Å².